The zero-order chi connectivity index (χ0) is 23.5. The van der Waals surface area contributed by atoms with Crippen LogP contribution < -0.4 is 0 Å². The van der Waals surface area contributed by atoms with Crippen LogP contribution in [-0.2, 0) is 19.3 Å². The van der Waals surface area contributed by atoms with Crippen molar-refractivity contribution in [2.45, 2.75) is 85.5 Å². The van der Waals surface area contributed by atoms with Crippen LogP contribution in [0.25, 0.3) is 11.1 Å². The highest BCUT2D eigenvalue weighted by Crippen LogP contribution is 2.37. The first-order chi connectivity index (χ1) is 16.2. The van der Waals surface area contributed by atoms with Crippen LogP contribution in [0.2, 0.25) is 0 Å². The van der Waals surface area contributed by atoms with Crippen LogP contribution in [-0.4, -0.2) is 49.1 Å². The van der Waals surface area contributed by atoms with Crippen molar-refractivity contribution >= 4 is 0 Å². The minimum absolute atomic E-state index is 1.12. The summed E-state index contributed by atoms with van der Waals surface area (Å²) >= 11 is 0. The smallest absolute Gasteiger partial charge is 0.00133 e. The molecule has 182 valence electrons. The maximum absolute atomic E-state index is 2.53. The highest BCUT2D eigenvalue weighted by atomic mass is 15.1. The molecule has 0 spiro atoms. The van der Waals surface area contributed by atoms with Crippen LogP contribution in [0.15, 0.2) is 36.4 Å². The molecule has 33 heavy (non-hydrogen) atoms. The molecule has 3 rings (SSSR count). The van der Waals surface area contributed by atoms with Crippen LogP contribution in [0.4, 0.5) is 0 Å². The van der Waals surface area contributed by atoms with Crippen molar-refractivity contribution in [3.63, 3.8) is 0 Å². The Morgan fingerprint density at radius 1 is 0.545 bits per heavy atom. The molecule has 1 aliphatic rings. The molecule has 0 amide bonds. The molecule has 2 aromatic rings. The van der Waals surface area contributed by atoms with Gasteiger partial charge in [0.1, 0.15) is 0 Å². The zero-order valence-corrected chi connectivity index (χ0v) is 22.0. The monoisotopic (exact) mass is 448 g/mol. The van der Waals surface area contributed by atoms with Crippen LogP contribution >= 0.6 is 0 Å². The normalized spacial score (nSPS) is 12.5. The number of hydrogen-bond donors (Lipinski definition) is 0. The molecule has 0 bridgehead atoms. The third-order valence-corrected chi connectivity index (χ3v) is 7.68. The van der Waals surface area contributed by atoms with E-state index in [-0.39, 0.29) is 0 Å². The highest BCUT2D eigenvalue weighted by molar-refractivity contribution is 5.77. The maximum Gasteiger partial charge on any atom is -0.00133 e. The molecule has 0 aromatic heterocycles. The van der Waals surface area contributed by atoms with E-state index in [9.17, 15) is 0 Å². The summed E-state index contributed by atoms with van der Waals surface area (Å²) in [4.78, 5) is 5.07. The molecule has 0 aliphatic heterocycles. The van der Waals surface area contributed by atoms with Gasteiger partial charge in [0.2, 0.25) is 0 Å². The molecule has 2 heteroatoms. The zero-order valence-electron chi connectivity index (χ0n) is 22.0. The van der Waals surface area contributed by atoms with Crippen LogP contribution in [0.1, 0.15) is 88.5 Å². The average molecular weight is 449 g/mol. The Bertz CT molecular complexity index is 763. The number of fused-ring (bicyclic) bond motifs is 3. The molecule has 0 heterocycles. The molecule has 0 fully saturated rings. The summed E-state index contributed by atoms with van der Waals surface area (Å²) in [5, 5.41) is 0. The molecular formula is C31H48N2. The van der Waals surface area contributed by atoms with Crippen molar-refractivity contribution in [2.75, 3.05) is 39.3 Å². The summed E-state index contributed by atoms with van der Waals surface area (Å²) in [6.07, 6.45) is 11.5. The molecule has 0 saturated carbocycles. The fourth-order valence-corrected chi connectivity index (χ4v) is 5.39. The van der Waals surface area contributed by atoms with Gasteiger partial charge in [-0.2, -0.15) is 0 Å². The van der Waals surface area contributed by atoms with Crippen LogP contribution in [0.5, 0.6) is 0 Å². The second-order valence-electron chi connectivity index (χ2n) is 9.83. The van der Waals surface area contributed by atoms with E-state index in [1.807, 2.05) is 0 Å². The van der Waals surface area contributed by atoms with Gasteiger partial charge in [-0.1, -0.05) is 76.9 Å². The standard InChI is InChI=1S/C31H48N2/c1-5-32(6-2)21-13-9-11-15-26-17-19-30-28(23-26)25-29-24-27(18-20-31(29)30)16-12-10-14-22-33(7-3)8-4/h17-20,23-24H,5-16,21-22,25H2,1-4H3. The van der Waals surface area contributed by atoms with Crippen molar-refractivity contribution in [3.8, 4) is 11.1 Å². The largest absolute Gasteiger partial charge is 0.304 e. The number of hydrogen-bond acceptors (Lipinski definition) is 2. The summed E-state index contributed by atoms with van der Waals surface area (Å²) in [5.41, 5.74) is 9.08. The number of benzene rings is 2. The fraction of sp³-hybridized carbons (Fsp3) is 0.613. The van der Waals surface area contributed by atoms with Crippen molar-refractivity contribution in [1.82, 2.24) is 9.80 Å². The lowest BCUT2D eigenvalue weighted by Gasteiger charge is -2.17. The molecule has 2 aromatic carbocycles. The van der Waals surface area contributed by atoms with E-state index in [1.165, 1.54) is 113 Å². The van der Waals surface area contributed by atoms with Crippen molar-refractivity contribution in [2.24, 2.45) is 0 Å². The van der Waals surface area contributed by atoms with Gasteiger partial charge in [0.15, 0.2) is 0 Å². The molecule has 0 radical (unpaired) electrons. The third-order valence-electron chi connectivity index (χ3n) is 7.68. The van der Waals surface area contributed by atoms with Crippen molar-refractivity contribution in [3.05, 3.63) is 58.7 Å². The van der Waals surface area contributed by atoms with E-state index in [2.05, 4.69) is 73.9 Å². The van der Waals surface area contributed by atoms with Gasteiger partial charge in [0, 0.05) is 0 Å². The Balaban J connectivity index is 1.44. The van der Waals surface area contributed by atoms with Crippen molar-refractivity contribution < 1.29 is 0 Å². The summed E-state index contributed by atoms with van der Waals surface area (Å²) in [6.45, 7) is 16.3. The Morgan fingerprint density at radius 3 is 1.36 bits per heavy atom. The van der Waals surface area contributed by atoms with E-state index in [0.29, 0.717) is 0 Å². The molecule has 1 aliphatic carbocycles. The SMILES string of the molecule is CCN(CC)CCCCCc1ccc2c(c1)Cc1cc(CCCCCN(CC)CC)ccc1-2. The fourth-order valence-electron chi connectivity index (χ4n) is 5.39. The van der Waals surface area contributed by atoms with Gasteiger partial charge in [0.25, 0.3) is 0 Å². The Hall–Kier alpha value is -1.64. The predicted octanol–water partition coefficient (Wildman–Crippen LogP) is 7.37. The molecule has 0 unspecified atom stereocenters. The lowest BCUT2D eigenvalue weighted by Crippen LogP contribution is -2.23. The molecule has 0 atom stereocenters. The molecule has 2 nitrogen and oxygen atoms in total. The lowest BCUT2D eigenvalue weighted by atomic mass is 9.99. The summed E-state index contributed by atoms with van der Waals surface area (Å²) in [5.74, 6) is 0. The van der Waals surface area contributed by atoms with Gasteiger partial charge in [-0.3, -0.25) is 0 Å². The summed E-state index contributed by atoms with van der Waals surface area (Å²) in [6, 6.07) is 14.5. The van der Waals surface area contributed by atoms with Crippen LogP contribution in [0.3, 0.4) is 0 Å². The van der Waals surface area contributed by atoms with E-state index in [1.54, 1.807) is 11.1 Å². The quantitative estimate of drug-likeness (QED) is 0.211. The Morgan fingerprint density at radius 2 is 0.970 bits per heavy atom. The second-order valence-corrected chi connectivity index (χ2v) is 9.83. The first-order valence-electron chi connectivity index (χ1n) is 13.9. The number of rotatable bonds is 16. The number of nitrogens with zero attached hydrogens (tertiary/aromatic N) is 2. The minimum atomic E-state index is 1.12. The van der Waals surface area contributed by atoms with Gasteiger partial charge in [-0.15, -0.1) is 0 Å². The van der Waals surface area contributed by atoms with Gasteiger partial charge < -0.3 is 9.80 Å². The van der Waals surface area contributed by atoms with Gasteiger partial charge >= 0.3 is 0 Å². The molecule has 0 N–H and O–H groups in total. The van der Waals surface area contributed by atoms with Gasteiger partial charge in [-0.25, -0.2) is 0 Å². The Labute approximate surface area is 204 Å². The third kappa shape index (κ3) is 7.69. The lowest BCUT2D eigenvalue weighted by molar-refractivity contribution is 0.296. The van der Waals surface area contributed by atoms with Gasteiger partial charge in [0.05, 0.1) is 0 Å². The predicted molar refractivity (Wildman–Crippen MR) is 145 cm³/mol. The molecule has 0 saturated heterocycles. The second kappa shape index (κ2) is 13.9. The van der Waals surface area contributed by atoms with E-state index >= 15 is 0 Å². The molecular weight excluding hydrogens is 400 g/mol. The maximum atomic E-state index is 2.53. The highest BCUT2D eigenvalue weighted by Gasteiger charge is 2.18. The van der Waals surface area contributed by atoms with Crippen molar-refractivity contribution in [1.29, 1.82) is 0 Å². The van der Waals surface area contributed by atoms with E-state index in [0.717, 1.165) is 6.42 Å². The van der Waals surface area contributed by atoms with E-state index < -0.39 is 0 Å². The number of unbranched alkanes of at least 4 members (excludes halogenated alkanes) is 4. The average Bonchev–Trinajstić information content (AvgIpc) is 3.20. The summed E-state index contributed by atoms with van der Waals surface area (Å²) in [7, 11) is 0. The van der Waals surface area contributed by atoms with Gasteiger partial charge in [-0.05, 0) is 118 Å². The topological polar surface area (TPSA) is 6.48 Å². The minimum Gasteiger partial charge on any atom is -0.304 e. The Kier molecular flexibility index (Phi) is 11.0. The van der Waals surface area contributed by atoms with Crippen LogP contribution in [0, 0.1) is 0 Å². The summed E-state index contributed by atoms with van der Waals surface area (Å²) < 4.78 is 0. The first-order valence-corrected chi connectivity index (χ1v) is 13.9. The first kappa shape index (κ1) is 26.0. The number of aryl methyl sites for hydroxylation is 2. The van der Waals surface area contributed by atoms with E-state index in [4.69, 9.17) is 0 Å².